The van der Waals surface area contributed by atoms with Crippen molar-refractivity contribution in [2.24, 2.45) is 0 Å². The number of rotatable bonds is 0. The van der Waals surface area contributed by atoms with Crippen LogP contribution in [0.1, 0.15) is 15.9 Å². The summed E-state index contributed by atoms with van der Waals surface area (Å²) in [6.45, 7) is 0. The largest absolute Gasteiger partial charge is 0.451 e. The molecule has 1 amide bonds. The summed E-state index contributed by atoms with van der Waals surface area (Å²) in [4.78, 5) is 11.9. The number of amides is 1. The van der Waals surface area contributed by atoms with E-state index in [0.717, 1.165) is 0 Å². The van der Waals surface area contributed by atoms with E-state index in [-0.39, 0.29) is 11.3 Å². The Balaban J connectivity index is 2.32. The quantitative estimate of drug-likeness (QED) is 0.570. The Hall–Kier alpha value is -2.71. The van der Waals surface area contributed by atoms with E-state index in [1.165, 1.54) is 24.3 Å². The lowest BCUT2D eigenvalue weighted by atomic mass is 10.1. The summed E-state index contributed by atoms with van der Waals surface area (Å²) in [5.41, 5.74) is -3.73. The van der Waals surface area contributed by atoms with Crippen LogP contribution in [0, 0.1) is 17.5 Å². The summed E-state index contributed by atoms with van der Waals surface area (Å²) in [7, 11) is 0. The van der Waals surface area contributed by atoms with Gasteiger partial charge < -0.3 is 10.1 Å². The number of fused-ring (bicyclic) bond motifs is 2. The number of para-hydroxylation sites is 1. The van der Waals surface area contributed by atoms with Crippen LogP contribution < -0.4 is 10.1 Å². The van der Waals surface area contributed by atoms with Crippen LogP contribution >= 0.6 is 0 Å². The normalized spacial score (nSPS) is 13.6. The van der Waals surface area contributed by atoms with Gasteiger partial charge in [-0.05, 0) is 12.1 Å². The number of hydrogen-bond acceptors (Lipinski definition) is 2. The first kappa shape index (κ1) is 15.2. The molecule has 2 aromatic carbocycles. The van der Waals surface area contributed by atoms with Crippen LogP contribution in [0.2, 0.25) is 0 Å². The summed E-state index contributed by atoms with van der Waals surface area (Å²) >= 11 is 0. The van der Waals surface area contributed by atoms with Crippen molar-refractivity contribution < 1.29 is 35.9 Å². The zero-order valence-electron chi connectivity index (χ0n) is 10.9. The van der Waals surface area contributed by atoms with Crippen LogP contribution in [0.3, 0.4) is 0 Å². The Kier molecular flexibility index (Phi) is 3.24. The van der Waals surface area contributed by atoms with Gasteiger partial charge in [0.1, 0.15) is 17.0 Å². The smallest absolute Gasteiger partial charge is 0.422 e. The summed E-state index contributed by atoms with van der Waals surface area (Å²) in [5.74, 6) is -9.17. The van der Waals surface area contributed by atoms with Crippen molar-refractivity contribution in [2.75, 3.05) is 5.32 Å². The second-order valence-electron chi connectivity index (χ2n) is 4.57. The molecule has 0 unspecified atom stereocenters. The second kappa shape index (κ2) is 4.90. The zero-order valence-corrected chi connectivity index (χ0v) is 10.9. The third-order valence-corrected chi connectivity index (χ3v) is 3.14. The third kappa shape index (κ3) is 2.28. The predicted octanol–water partition coefficient (Wildman–Crippen LogP) is 4.48. The van der Waals surface area contributed by atoms with Gasteiger partial charge in [0.2, 0.25) is 0 Å². The molecular formula is C14H5F6NO2. The van der Waals surface area contributed by atoms with Crippen molar-refractivity contribution in [3.63, 3.8) is 0 Å². The van der Waals surface area contributed by atoms with Crippen molar-refractivity contribution in [3.05, 3.63) is 52.8 Å². The molecule has 1 N–H and O–H groups in total. The SMILES string of the molecule is O=C1Nc2c(F)c(F)c(C(F)(F)F)c(F)c2Oc2ccccc21. The summed E-state index contributed by atoms with van der Waals surface area (Å²) < 4.78 is 84.7. The van der Waals surface area contributed by atoms with Gasteiger partial charge in [0, 0.05) is 0 Å². The molecule has 0 radical (unpaired) electrons. The van der Waals surface area contributed by atoms with E-state index in [1.54, 1.807) is 0 Å². The monoisotopic (exact) mass is 333 g/mol. The molecule has 0 aromatic heterocycles. The lowest BCUT2D eigenvalue weighted by Gasteiger charge is -2.16. The van der Waals surface area contributed by atoms with Gasteiger partial charge in [-0.3, -0.25) is 4.79 Å². The molecule has 0 saturated carbocycles. The molecule has 1 aliphatic heterocycles. The van der Waals surface area contributed by atoms with Crippen LogP contribution in [0.15, 0.2) is 24.3 Å². The van der Waals surface area contributed by atoms with E-state index in [4.69, 9.17) is 4.74 Å². The van der Waals surface area contributed by atoms with E-state index >= 15 is 0 Å². The predicted molar refractivity (Wildman–Crippen MR) is 65.8 cm³/mol. The maximum Gasteiger partial charge on any atom is 0.422 e. The summed E-state index contributed by atoms with van der Waals surface area (Å²) in [6, 6.07) is 5.19. The number of benzene rings is 2. The van der Waals surface area contributed by atoms with Crippen molar-refractivity contribution in [3.8, 4) is 11.5 Å². The van der Waals surface area contributed by atoms with Gasteiger partial charge >= 0.3 is 6.18 Å². The minimum Gasteiger partial charge on any atom is -0.451 e. The molecule has 120 valence electrons. The lowest BCUT2D eigenvalue weighted by Crippen LogP contribution is -2.17. The highest BCUT2D eigenvalue weighted by Crippen LogP contribution is 2.45. The Labute approximate surface area is 124 Å². The molecule has 0 atom stereocenters. The lowest BCUT2D eigenvalue weighted by molar-refractivity contribution is -0.142. The van der Waals surface area contributed by atoms with E-state index < -0.39 is 46.5 Å². The summed E-state index contributed by atoms with van der Waals surface area (Å²) in [6.07, 6.45) is -5.48. The summed E-state index contributed by atoms with van der Waals surface area (Å²) in [5, 5.41) is 1.82. The number of halogens is 6. The fraction of sp³-hybridized carbons (Fsp3) is 0.0714. The van der Waals surface area contributed by atoms with Gasteiger partial charge in [-0.25, -0.2) is 13.2 Å². The maximum absolute atomic E-state index is 14.1. The zero-order chi connectivity index (χ0) is 16.9. The number of ether oxygens (including phenoxy) is 1. The number of carbonyl (C=O) groups is 1. The van der Waals surface area contributed by atoms with Gasteiger partial charge in [-0.2, -0.15) is 13.2 Å². The molecule has 0 aliphatic carbocycles. The fourth-order valence-corrected chi connectivity index (χ4v) is 2.13. The van der Waals surface area contributed by atoms with Crippen molar-refractivity contribution in [1.29, 1.82) is 0 Å². The van der Waals surface area contributed by atoms with Gasteiger partial charge in [-0.15, -0.1) is 0 Å². The molecule has 1 aliphatic rings. The molecule has 2 aromatic rings. The number of hydrogen-bond donors (Lipinski definition) is 1. The van der Waals surface area contributed by atoms with Gasteiger partial charge in [0.15, 0.2) is 23.2 Å². The molecule has 0 bridgehead atoms. The second-order valence-corrected chi connectivity index (χ2v) is 4.57. The average Bonchev–Trinajstić information content (AvgIpc) is 2.61. The van der Waals surface area contributed by atoms with E-state index in [2.05, 4.69) is 0 Å². The van der Waals surface area contributed by atoms with E-state index in [0.29, 0.717) is 0 Å². The van der Waals surface area contributed by atoms with Crippen LogP contribution in [-0.2, 0) is 6.18 Å². The highest BCUT2D eigenvalue weighted by Gasteiger charge is 2.43. The first-order valence-corrected chi connectivity index (χ1v) is 6.07. The van der Waals surface area contributed by atoms with Gasteiger partial charge in [-0.1, -0.05) is 12.1 Å². The molecule has 3 rings (SSSR count). The van der Waals surface area contributed by atoms with Crippen molar-refractivity contribution in [2.45, 2.75) is 6.18 Å². The number of anilines is 1. The highest BCUT2D eigenvalue weighted by atomic mass is 19.4. The van der Waals surface area contributed by atoms with Crippen LogP contribution in [0.4, 0.5) is 32.0 Å². The Morgan fingerprint density at radius 3 is 2.26 bits per heavy atom. The van der Waals surface area contributed by atoms with Crippen molar-refractivity contribution >= 4 is 11.6 Å². The molecule has 0 saturated heterocycles. The molecule has 23 heavy (non-hydrogen) atoms. The first-order valence-electron chi connectivity index (χ1n) is 6.07. The number of nitrogens with one attached hydrogen (secondary N) is 1. The minimum atomic E-state index is -5.48. The third-order valence-electron chi connectivity index (χ3n) is 3.14. The molecule has 0 fully saturated rings. The van der Waals surface area contributed by atoms with Crippen molar-refractivity contribution in [1.82, 2.24) is 0 Å². The van der Waals surface area contributed by atoms with Crippen LogP contribution in [0.5, 0.6) is 11.5 Å². The number of carbonyl (C=O) groups excluding carboxylic acids is 1. The Morgan fingerprint density at radius 1 is 0.957 bits per heavy atom. The standard InChI is InChI=1S/C14H5F6NO2/c15-8-7(14(18,19)20)9(16)12-11(10(8)17)21-13(22)5-3-1-2-4-6(5)23-12/h1-4H,(H,21,22). The minimum absolute atomic E-state index is 0.170. The van der Waals surface area contributed by atoms with Crippen LogP contribution in [-0.4, -0.2) is 5.91 Å². The molecule has 3 nitrogen and oxygen atoms in total. The maximum atomic E-state index is 14.1. The average molecular weight is 333 g/mol. The fourth-order valence-electron chi connectivity index (χ4n) is 2.13. The number of alkyl halides is 3. The van der Waals surface area contributed by atoms with E-state index in [9.17, 15) is 31.1 Å². The van der Waals surface area contributed by atoms with Gasteiger partial charge in [0.05, 0.1) is 5.56 Å². The van der Waals surface area contributed by atoms with Gasteiger partial charge in [0.25, 0.3) is 5.91 Å². The topological polar surface area (TPSA) is 38.3 Å². The van der Waals surface area contributed by atoms with Crippen LogP contribution in [0.25, 0.3) is 0 Å². The first-order chi connectivity index (χ1) is 10.7. The highest BCUT2D eigenvalue weighted by molar-refractivity contribution is 6.08. The Bertz CT molecular complexity index is 831. The Morgan fingerprint density at radius 2 is 1.61 bits per heavy atom. The molecular weight excluding hydrogens is 328 g/mol. The van der Waals surface area contributed by atoms with E-state index in [1.807, 2.05) is 5.32 Å². The molecule has 0 spiro atoms. The molecule has 1 heterocycles. The molecule has 9 heteroatoms.